The molecule has 0 aromatic rings. The summed E-state index contributed by atoms with van der Waals surface area (Å²) >= 11 is -0.931. The van der Waals surface area contributed by atoms with Crippen molar-refractivity contribution in [2.45, 2.75) is 12.8 Å². The van der Waals surface area contributed by atoms with E-state index in [1.165, 1.54) is 0 Å². The first-order chi connectivity index (χ1) is 4.31. The van der Waals surface area contributed by atoms with Crippen molar-refractivity contribution in [3.05, 3.63) is 0 Å². The topological polar surface area (TPSA) is 29.1 Å². The number of halogens is 2. The molecule has 0 bridgehead atoms. The van der Waals surface area contributed by atoms with Crippen LogP contribution in [0.25, 0.3) is 0 Å². The second kappa shape index (κ2) is 7.42. The van der Waals surface area contributed by atoms with E-state index in [4.69, 9.17) is 12.8 Å². The van der Waals surface area contributed by atoms with Crippen molar-refractivity contribution in [2.24, 2.45) is 0 Å². The van der Waals surface area contributed by atoms with E-state index >= 15 is 0 Å². The van der Waals surface area contributed by atoms with E-state index in [9.17, 15) is 4.79 Å². The Hall–Kier alpha value is 1.31. The zero-order valence-corrected chi connectivity index (χ0v) is 8.71. The van der Waals surface area contributed by atoms with Crippen LogP contribution in [0.5, 0.6) is 0 Å². The Balaban J connectivity index is 0.000000187. The molecule has 0 aliphatic carbocycles. The van der Waals surface area contributed by atoms with Crippen molar-refractivity contribution < 1.29 is 4.79 Å². The second-order valence-electron chi connectivity index (χ2n) is 1.55. The third-order valence-electron chi connectivity index (χ3n) is 0.903. The molecular weight excluding hydrogens is 189 g/mol. The minimum absolute atomic E-state index is 0.204. The molecule has 1 fully saturated rings. The summed E-state index contributed by atoms with van der Waals surface area (Å²) in [5.41, 5.74) is 0. The Morgan fingerprint density at radius 3 is 2.22 bits per heavy atom. The average molecular weight is 196 g/mol. The van der Waals surface area contributed by atoms with Gasteiger partial charge in [0, 0.05) is 13.0 Å². The van der Waals surface area contributed by atoms with Crippen molar-refractivity contribution in [1.29, 1.82) is 0 Å². The quantitative estimate of drug-likeness (QED) is 0.573. The molecular formula is C4H7CaCl2NO. The normalized spacial score (nSPS) is 15.1. The van der Waals surface area contributed by atoms with Crippen LogP contribution < -0.4 is 5.32 Å². The van der Waals surface area contributed by atoms with E-state index in [0.717, 1.165) is 19.4 Å². The van der Waals surface area contributed by atoms with E-state index in [1.54, 1.807) is 0 Å². The van der Waals surface area contributed by atoms with Crippen molar-refractivity contribution in [3.63, 3.8) is 0 Å². The summed E-state index contributed by atoms with van der Waals surface area (Å²) in [7, 11) is 0. The summed E-state index contributed by atoms with van der Waals surface area (Å²) in [6.07, 6.45) is 11.7. The van der Waals surface area contributed by atoms with Crippen LogP contribution in [0.4, 0.5) is 0 Å². The number of carbonyl (C=O) groups excluding carboxylic acids is 1. The van der Waals surface area contributed by atoms with Gasteiger partial charge in [-0.05, 0) is 6.42 Å². The first kappa shape index (κ1) is 10.3. The Morgan fingerprint density at radius 2 is 2.11 bits per heavy atom. The molecule has 0 spiro atoms. The Kier molecular flexibility index (Phi) is 8.50. The van der Waals surface area contributed by atoms with E-state index < -0.39 is 30.8 Å². The van der Waals surface area contributed by atoms with Gasteiger partial charge >= 0.3 is 43.6 Å². The summed E-state index contributed by atoms with van der Waals surface area (Å²) in [6, 6.07) is 0. The van der Waals surface area contributed by atoms with Gasteiger partial charge in [-0.3, -0.25) is 4.79 Å². The molecule has 5 heteroatoms. The van der Waals surface area contributed by atoms with Gasteiger partial charge in [0.25, 0.3) is 0 Å². The molecule has 0 radical (unpaired) electrons. The van der Waals surface area contributed by atoms with E-state index in [1.807, 2.05) is 0 Å². The summed E-state index contributed by atoms with van der Waals surface area (Å²) in [6.45, 7) is 0.888. The molecule has 0 aromatic carbocycles. The van der Waals surface area contributed by atoms with Gasteiger partial charge in [-0.1, -0.05) is 0 Å². The molecule has 0 aromatic heterocycles. The van der Waals surface area contributed by atoms with Gasteiger partial charge in [0.15, 0.2) is 0 Å². The van der Waals surface area contributed by atoms with Gasteiger partial charge in [0.2, 0.25) is 5.91 Å². The first-order valence-electron chi connectivity index (χ1n) is 2.70. The van der Waals surface area contributed by atoms with Crippen LogP contribution in [0.1, 0.15) is 12.8 Å². The van der Waals surface area contributed by atoms with Crippen LogP contribution in [0.15, 0.2) is 0 Å². The fourth-order valence-electron chi connectivity index (χ4n) is 0.565. The Bertz CT molecular complexity index is 82.6. The molecule has 1 saturated heterocycles. The summed E-state index contributed by atoms with van der Waals surface area (Å²) in [4.78, 5) is 10.1. The molecule has 2 nitrogen and oxygen atoms in total. The molecule has 1 N–H and O–H groups in total. The molecule has 9 heavy (non-hydrogen) atoms. The Morgan fingerprint density at radius 1 is 1.56 bits per heavy atom. The third kappa shape index (κ3) is 7.20. The molecule has 1 aliphatic heterocycles. The maximum absolute atomic E-state index is 10.1. The molecule has 0 atom stereocenters. The van der Waals surface area contributed by atoms with E-state index in [0.29, 0.717) is 0 Å². The monoisotopic (exact) mass is 195 g/mol. The summed E-state index contributed by atoms with van der Waals surface area (Å²) in [5.74, 6) is 0.204. The van der Waals surface area contributed by atoms with Gasteiger partial charge in [-0.25, -0.2) is 0 Å². The van der Waals surface area contributed by atoms with Gasteiger partial charge in [0.1, 0.15) is 0 Å². The zero-order valence-electron chi connectivity index (χ0n) is 4.99. The van der Waals surface area contributed by atoms with Crippen LogP contribution in [0.2, 0.25) is 0 Å². The van der Waals surface area contributed by atoms with Crippen molar-refractivity contribution >= 4 is 49.5 Å². The predicted molar refractivity (Wildman–Crippen MR) is 39.7 cm³/mol. The van der Waals surface area contributed by atoms with Crippen LogP contribution in [-0.2, 0) is 4.79 Å². The van der Waals surface area contributed by atoms with Crippen LogP contribution in [0, 0.1) is 0 Å². The number of hydrogen-bond acceptors (Lipinski definition) is 1. The number of nitrogens with one attached hydrogen (secondary N) is 1. The van der Waals surface area contributed by atoms with E-state index in [-0.39, 0.29) is 5.91 Å². The molecule has 1 amide bonds. The number of rotatable bonds is 0. The molecule has 1 aliphatic rings. The SMILES string of the molecule is O=C1CCCN1.[Cl][Ca][Cl]. The summed E-state index contributed by atoms with van der Waals surface area (Å²) < 4.78 is 0. The zero-order chi connectivity index (χ0) is 7.11. The van der Waals surface area contributed by atoms with Crippen LogP contribution >= 0.6 is 12.8 Å². The predicted octanol–water partition coefficient (Wildman–Crippen LogP) is 0.895. The second-order valence-corrected chi connectivity index (χ2v) is 5.20. The van der Waals surface area contributed by atoms with Gasteiger partial charge in [-0.2, -0.15) is 0 Å². The molecule has 1 heterocycles. The number of carbonyl (C=O) groups is 1. The molecule has 1 rings (SSSR count). The maximum atomic E-state index is 10.1. The van der Waals surface area contributed by atoms with E-state index in [2.05, 4.69) is 5.32 Å². The third-order valence-corrected chi connectivity index (χ3v) is 0.903. The number of hydrogen-bond donors (Lipinski definition) is 1. The first-order valence-corrected chi connectivity index (χ1v) is 8.77. The fourth-order valence-corrected chi connectivity index (χ4v) is 0.565. The van der Waals surface area contributed by atoms with Crippen LogP contribution in [0.3, 0.4) is 0 Å². The minimum atomic E-state index is -0.931. The summed E-state index contributed by atoms with van der Waals surface area (Å²) in [5, 5.41) is 2.68. The van der Waals surface area contributed by atoms with Gasteiger partial charge < -0.3 is 5.32 Å². The van der Waals surface area contributed by atoms with Crippen LogP contribution in [-0.4, -0.2) is 43.3 Å². The molecule has 0 unspecified atom stereocenters. The standard InChI is InChI=1S/C4H7NO.Ca.2ClH/c6-4-2-1-3-5-4;;;/h1-3H2,(H,5,6);;2*1H/q;+2;;/p-2. The average Bonchev–Trinajstić information content (AvgIpc) is 2.20. The molecule has 0 saturated carbocycles. The Labute approximate surface area is 78.0 Å². The molecule has 50 valence electrons. The van der Waals surface area contributed by atoms with Gasteiger partial charge in [-0.15, -0.1) is 0 Å². The van der Waals surface area contributed by atoms with Crippen molar-refractivity contribution in [1.82, 2.24) is 5.32 Å². The fraction of sp³-hybridized carbons (Fsp3) is 0.750. The van der Waals surface area contributed by atoms with Gasteiger partial charge in [0.05, 0.1) is 0 Å². The van der Waals surface area contributed by atoms with Crippen molar-refractivity contribution in [2.75, 3.05) is 6.54 Å². The van der Waals surface area contributed by atoms with Crippen molar-refractivity contribution in [3.8, 4) is 0 Å². The number of amides is 1.